The van der Waals surface area contributed by atoms with E-state index in [-0.39, 0.29) is 23.0 Å². The number of ether oxygens (including phenoxy) is 5. The van der Waals surface area contributed by atoms with E-state index in [0.29, 0.717) is 34.7 Å². The van der Waals surface area contributed by atoms with Crippen molar-refractivity contribution in [1.29, 1.82) is 0 Å². The van der Waals surface area contributed by atoms with Gasteiger partial charge < -0.3 is 29.0 Å². The van der Waals surface area contributed by atoms with Crippen molar-refractivity contribution in [3.8, 4) is 11.5 Å². The number of methoxy groups -OCH3 is 3. The Morgan fingerprint density at radius 3 is 2.00 bits per heavy atom. The predicted molar refractivity (Wildman–Crippen MR) is 194 cm³/mol. The van der Waals surface area contributed by atoms with Crippen LogP contribution in [0.15, 0.2) is 90.0 Å². The predicted octanol–water partition coefficient (Wildman–Crippen LogP) is 5.36. The molecule has 18 heteroatoms. The summed E-state index contributed by atoms with van der Waals surface area (Å²) in [6.07, 6.45) is -5.14. The van der Waals surface area contributed by atoms with E-state index in [0.717, 1.165) is 0 Å². The fraction of sp³-hybridized carbons (Fsp3) is 0.378. The largest absolute Gasteiger partial charge is 0.523 e. The normalized spacial score (nSPS) is 19.2. The van der Waals surface area contributed by atoms with Crippen LogP contribution in [-0.2, 0) is 34.1 Å². The minimum atomic E-state index is -6.20. The molecule has 0 saturated carbocycles. The van der Waals surface area contributed by atoms with Crippen molar-refractivity contribution < 1.29 is 49.5 Å². The summed E-state index contributed by atoms with van der Waals surface area (Å²) < 4.78 is 103. The molecule has 3 heterocycles. The number of imidazole rings is 1. The maximum absolute atomic E-state index is 13.9. The number of hydrogen-bond donors (Lipinski definition) is 2. The Labute approximate surface area is 314 Å². The molecule has 1 saturated heterocycles. The van der Waals surface area contributed by atoms with Crippen molar-refractivity contribution in [1.82, 2.24) is 19.5 Å². The van der Waals surface area contributed by atoms with Crippen LogP contribution in [0.25, 0.3) is 11.2 Å². The number of rotatable bonds is 15. The molecule has 5 aromatic rings. The van der Waals surface area contributed by atoms with Gasteiger partial charge in [0, 0.05) is 13.7 Å². The highest BCUT2D eigenvalue weighted by Crippen LogP contribution is 2.44. The smallest absolute Gasteiger partial charge is 0.497 e. The maximum atomic E-state index is 13.9. The molecule has 0 amide bonds. The van der Waals surface area contributed by atoms with Crippen molar-refractivity contribution in [3.05, 3.63) is 112 Å². The van der Waals surface area contributed by atoms with E-state index in [2.05, 4.69) is 20.3 Å². The second-order valence-electron chi connectivity index (χ2n) is 13.1. The van der Waals surface area contributed by atoms with Crippen LogP contribution in [0.3, 0.4) is 0 Å². The van der Waals surface area contributed by atoms with Crippen LogP contribution in [0.5, 0.6) is 11.5 Å². The average molecular weight is 788 g/mol. The topological polar surface area (TPSA) is 165 Å². The molecule has 6 rings (SSSR count). The average Bonchev–Trinajstić information content (AvgIpc) is 3.75. The third-order valence-corrected chi connectivity index (χ3v) is 10.1. The zero-order valence-corrected chi connectivity index (χ0v) is 31.3. The van der Waals surface area contributed by atoms with E-state index in [1.807, 2.05) is 32.0 Å². The molecule has 2 aromatic heterocycles. The number of anilines is 1. The van der Waals surface area contributed by atoms with Gasteiger partial charge in [-0.05, 0) is 46.9 Å². The molecule has 0 spiro atoms. The van der Waals surface area contributed by atoms with Crippen LogP contribution in [0.4, 0.5) is 19.1 Å². The fourth-order valence-electron chi connectivity index (χ4n) is 6.41. The van der Waals surface area contributed by atoms with Gasteiger partial charge in [0.25, 0.3) is 5.56 Å². The van der Waals surface area contributed by atoms with Gasteiger partial charge in [0.15, 0.2) is 17.4 Å². The molecule has 3 aromatic carbocycles. The quantitative estimate of drug-likeness (QED) is 0.0794. The summed E-state index contributed by atoms with van der Waals surface area (Å²) in [5.41, 5.74) is -6.14. The van der Waals surface area contributed by atoms with Crippen LogP contribution in [0.1, 0.15) is 36.8 Å². The van der Waals surface area contributed by atoms with Gasteiger partial charge in [-0.1, -0.05) is 68.4 Å². The van der Waals surface area contributed by atoms with Gasteiger partial charge in [-0.2, -0.15) is 26.6 Å². The first-order valence-electron chi connectivity index (χ1n) is 17.1. The summed E-state index contributed by atoms with van der Waals surface area (Å²) in [4.78, 5) is 24.3. The standard InChI is InChI=1S/C37H40F3N5O9S/c1-22(2)19-41-35-43-32-29(33(46)44-35)42-21-45(32)34-31(51-5)30(54-55(47,48)37(38,39)40)28(53-34)20-52-36(23-9-7-6-8-10-23,24-11-15-26(49-3)16-12-24)25-13-17-27(50-4)18-14-25/h6-18,21-22,28,30-31,34H,19-20H2,1-5H3,(H2,41,43,44,46)/t28-,30-,31-,34-/m1/s1. The number of H-pyrrole nitrogens is 1. The first-order chi connectivity index (χ1) is 26.2. The molecule has 294 valence electrons. The van der Waals surface area contributed by atoms with E-state index < -0.39 is 57.9 Å². The monoisotopic (exact) mass is 787 g/mol. The van der Waals surface area contributed by atoms with E-state index in [1.54, 1.807) is 60.7 Å². The van der Waals surface area contributed by atoms with Gasteiger partial charge in [-0.15, -0.1) is 0 Å². The lowest BCUT2D eigenvalue weighted by Gasteiger charge is -2.37. The van der Waals surface area contributed by atoms with Gasteiger partial charge in [0.1, 0.15) is 35.4 Å². The Morgan fingerprint density at radius 1 is 0.891 bits per heavy atom. The number of alkyl halides is 3. The first-order valence-corrected chi connectivity index (χ1v) is 18.5. The lowest BCUT2D eigenvalue weighted by atomic mass is 9.80. The Kier molecular flexibility index (Phi) is 11.5. The molecule has 2 N–H and O–H groups in total. The molecular formula is C37H40F3N5O9S. The van der Waals surface area contributed by atoms with Crippen LogP contribution in [0.2, 0.25) is 0 Å². The third-order valence-electron chi connectivity index (χ3n) is 9.10. The summed E-state index contributed by atoms with van der Waals surface area (Å²) in [6.45, 7) is 3.83. The summed E-state index contributed by atoms with van der Waals surface area (Å²) in [7, 11) is -1.99. The van der Waals surface area contributed by atoms with Gasteiger partial charge in [0.2, 0.25) is 5.95 Å². The van der Waals surface area contributed by atoms with E-state index >= 15 is 0 Å². The molecule has 0 aliphatic carbocycles. The van der Waals surface area contributed by atoms with Crippen molar-refractivity contribution in [3.63, 3.8) is 0 Å². The Morgan fingerprint density at radius 2 is 1.47 bits per heavy atom. The third kappa shape index (κ3) is 7.90. The molecule has 0 bridgehead atoms. The highest BCUT2D eigenvalue weighted by Gasteiger charge is 2.56. The summed E-state index contributed by atoms with van der Waals surface area (Å²) >= 11 is 0. The SMILES string of the molecule is COc1ccc(C(OC[C@H]2O[C@@H](n3cnc4c(=O)[nH]c(NCC(C)C)nc43)[C@H](OC)[C@@H]2OS(=O)(=O)C(F)(F)F)(c2ccccc2)c2ccc(OC)cc2)cc1. The molecule has 1 aliphatic rings. The van der Waals surface area contributed by atoms with Gasteiger partial charge in [-0.25, -0.2) is 4.98 Å². The Bertz CT molecular complexity index is 2190. The Balaban J connectivity index is 1.47. The zero-order valence-electron chi connectivity index (χ0n) is 30.4. The molecule has 0 unspecified atom stereocenters. The number of halogens is 3. The van der Waals surface area contributed by atoms with E-state index in [1.165, 1.54) is 32.2 Å². The Hall–Kier alpha value is -5.01. The van der Waals surface area contributed by atoms with Gasteiger partial charge in [0.05, 0.1) is 27.2 Å². The molecule has 1 aliphatic heterocycles. The van der Waals surface area contributed by atoms with Crippen molar-refractivity contribution in [2.45, 2.75) is 49.5 Å². The highest BCUT2D eigenvalue weighted by atomic mass is 32.2. The number of fused-ring (bicyclic) bond motifs is 1. The minimum absolute atomic E-state index is 0.00356. The van der Waals surface area contributed by atoms with Crippen molar-refractivity contribution >= 4 is 27.2 Å². The molecule has 55 heavy (non-hydrogen) atoms. The number of nitrogens with zero attached hydrogens (tertiary/aromatic N) is 3. The lowest BCUT2D eigenvalue weighted by molar-refractivity contribution is -0.0959. The van der Waals surface area contributed by atoms with Gasteiger partial charge in [-0.3, -0.25) is 18.5 Å². The van der Waals surface area contributed by atoms with E-state index in [9.17, 15) is 26.4 Å². The number of aromatic nitrogens is 4. The number of aromatic amines is 1. The van der Waals surface area contributed by atoms with E-state index in [4.69, 9.17) is 27.9 Å². The van der Waals surface area contributed by atoms with Crippen LogP contribution in [-0.4, -0.2) is 86.2 Å². The second kappa shape index (κ2) is 16.0. The van der Waals surface area contributed by atoms with Crippen LogP contribution >= 0.6 is 0 Å². The minimum Gasteiger partial charge on any atom is -0.497 e. The molecule has 4 atom stereocenters. The molecule has 14 nitrogen and oxygen atoms in total. The molecule has 1 fully saturated rings. The number of hydrogen-bond acceptors (Lipinski definition) is 12. The summed E-state index contributed by atoms with van der Waals surface area (Å²) in [5.74, 6) is 1.41. The van der Waals surface area contributed by atoms with Crippen molar-refractivity contribution in [2.75, 3.05) is 39.8 Å². The first kappa shape index (κ1) is 39.7. The van der Waals surface area contributed by atoms with Crippen LogP contribution < -0.4 is 20.3 Å². The second-order valence-corrected chi connectivity index (χ2v) is 14.6. The van der Waals surface area contributed by atoms with Crippen molar-refractivity contribution in [2.24, 2.45) is 5.92 Å². The fourth-order valence-corrected chi connectivity index (χ4v) is 7.05. The van der Waals surface area contributed by atoms with Gasteiger partial charge >= 0.3 is 15.6 Å². The zero-order chi connectivity index (χ0) is 39.5. The lowest BCUT2D eigenvalue weighted by Crippen LogP contribution is -2.44. The number of nitrogens with one attached hydrogen (secondary N) is 2. The maximum Gasteiger partial charge on any atom is 0.523 e. The van der Waals surface area contributed by atoms with Crippen LogP contribution in [0, 0.1) is 5.92 Å². The summed E-state index contributed by atoms with van der Waals surface area (Å²) in [5, 5.41) is 3.03. The summed E-state index contributed by atoms with van der Waals surface area (Å²) in [6, 6.07) is 23.1. The molecule has 0 radical (unpaired) electrons. The number of benzene rings is 3. The molecular weight excluding hydrogens is 747 g/mol. The highest BCUT2D eigenvalue weighted by molar-refractivity contribution is 7.87.